The molecule has 0 aliphatic heterocycles. The van der Waals surface area contributed by atoms with Crippen molar-refractivity contribution in [1.29, 1.82) is 5.26 Å². The summed E-state index contributed by atoms with van der Waals surface area (Å²) in [4.78, 5) is 23.6. The third-order valence-electron chi connectivity index (χ3n) is 4.76. The number of amides is 2. The number of halogens is 3. The van der Waals surface area contributed by atoms with Crippen LogP contribution in [0.4, 0.5) is 11.4 Å². The minimum absolute atomic E-state index is 0.0654. The second-order valence-electron chi connectivity index (χ2n) is 7.53. The van der Waals surface area contributed by atoms with Crippen LogP contribution in [0.3, 0.4) is 0 Å². The van der Waals surface area contributed by atoms with Crippen LogP contribution in [-0.4, -0.2) is 27.3 Å². The molecule has 9 nitrogen and oxygen atoms in total. The monoisotopic (exact) mass is 593 g/mol. The summed E-state index contributed by atoms with van der Waals surface area (Å²) in [6.45, 7) is 1.32. The molecule has 0 radical (unpaired) electrons. The number of methoxy groups -OCH3 is 1. The van der Waals surface area contributed by atoms with Crippen molar-refractivity contribution in [3.8, 4) is 17.6 Å². The van der Waals surface area contributed by atoms with Crippen LogP contribution in [0.15, 0.2) is 65.1 Å². The SMILES string of the molecule is COc1cc(/C=C(\C#N)C(=O)Nc2ccc(Cl)c(Cl)c2)cc(Cl)c1OS(=O)(=O)c1ccc(NC(C)=O)cc1. The smallest absolute Gasteiger partial charge is 0.339 e. The number of carbonyl (C=O) groups is 2. The Bertz CT molecular complexity index is 1580. The van der Waals surface area contributed by atoms with E-state index in [2.05, 4.69) is 10.6 Å². The van der Waals surface area contributed by atoms with Crippen LogP contribution in [0.2, 0.25) is 15.1 Å². The van der Waals surface area contributed by atoms with E-state index in [0.717, 1.165) is 0 Å². The molecule has 0 atom stereocenters. The second-order valence-corrected chi connectivity index (χ2v) is 10.3. The van der Waals surface area contributed by atoms with E-state index in [0.29, 0.717) is 16.4 Å². The van der Waals surface area contributed by atoms with Gasteiger partial charge in [-0.05, 0) is 66.2 Å². The van der Waals surface area contributed by atoms with Crippen LogP contribution >= 0.6 is 34.8 Å². The normalized spacial score (nSPS) is 11.3. The quantitative estimate of drug-likeness (QED) is 0.188. The Morgan fingerprint density at radius 3 is 2.16 bits per heavy atom. The lowest BCUT2D eigenvalue weighted by Crippen LogP contribution is -2.13. The van der Waals surface area contributed by atoms with E-state index in [1.807, 2.05) is 0 Å². The third kappa shape index (κ3) is 7.18. The highest BCUT2D eigenvalue weighted by atomic mass is 35.5. The van der Waals surface area contributed by atoms with Crippen molar-refractivity contribution in [1.82, 2.24) is 0 Å². The van der Waals surface area contributed by atoms with E-state index in [9.17, 15) is 23.3 Å². The molecule has 0 saturated carbocycles. The molecule has 0 saturated heterocycles. The number of ether oxygens (including phenoxy) is 1. The zero-order valence-electron chi connectivity index (χ0n) is 19.7. The average molecular weight is 595 g/mol. The van der Waals surface area contributed by atoms with Gasteiger partial charge >= 0.3 is 10.1 Å². The summed E-state index contributed by atoms with van der Waals surface area (Å²) in [5.41, 5.74) is 0.701. The Hall–Kier alpha value is -3.75. The maximum absolute atomic E-state index is 12.8. The summed E-state index contributed by atoms with van der Waals surface area (Å²) in [5, 5.41) is 14.9. The summed E-state index contributed by atoms with van der Waals surface area (Å²) < 4.78 is 36.1. The first-order valence-electron chi connectivity index (χ1n) is 10.5. The van der Waals surface area contributed by atoms with Gasteiger partial charge in [-0.3, -0.25) is 9.59 Å². The van der Waals surface area contributed by atoms with Crippen molar-refractivity contribution < 1.29 is 26.9 Å². The van der Waals surface area contributed by atoms with E-state index in [1.165, 1.54) is 74.7 Å². The molecular formula is C25H18Cl3N3O6S. The predicted octanol–water partition coefficient (Wildman–Crippen LogP) is 5.93. The number of nitrogens with zero attached hydrogens (tertiary/aromatic N) is 1. The van der Waals surface area contributed by atoms with E-state index in [-0.39, 0.29) is 43.5 Å². The number of anilines is 2. The summed E-state index contributed by atoms with van der Waals surface area (Å²) in [7, 11) is -3.07. The van der Waals surface area contributed by atoms with Gasteiger partial charge in [-0.2, -0.15) is 13.7 Å². The van der Waals surface area contributed by atoms with Gasteiger partial charge in [0.05, 0.1) is 22.2 Å². The molecule has 0 spiro atoms. The summed E-state index contributed by atoms with van der Waals surface area (Å²) in [5.74, 6) is -1.40. The summed E-state index contributed by atoms with van der Waals surface area (Å²) in [6.07, 6.45) is 1.24. The first kappa shape index (κ1) is 28.8. The summed E-state index contributed by atoms with van der Waals surface area (Å²) in [6, 6.07) is 14.2. The van der Waals surface area contributed by atoms with Gasteiger partial charge in [0.1, 0.15) is 16.5 Å². The predicted molar refractivity (Wildman–Crippen MR) is 145 cm³/mol. The summed E-state index contributed by atoms with van der Waals surface area (Å²) >= 11 is 18.1. The van der Waals surface area contributed by atoms with Crippen LogP contribution in [0.25, 0.3) is 6.08 Å². The first-order chi connectivity index (χ1) is 17.9. The van der Waals surface area contributed by atoms with Gasteiger partial charge in [0.25, 0.3) is 5.91 Å². The highest BCUT2D eigenvalue weighted by molar-refractivity contribution is 7.87. The van der Waals surface area contributed by atoms with E-state index < -0.39 is 16.0 Å². The lowest BCUT2D eigenvalue weighted by molar-refractivity contribution is -0.114. The lowest BCUT2D eigenvalue weighted by atomic mass is 10.1. The van der Waals surface area contributed by atoms with Gasteiger partial charge in [-0.1, -0.05) is 34.8 Å². The van der Waals surface area contributed by atoms with Crippen LogP contribution in [0.1, 0.15) is 12.5 Å². The van der Waals surface area contributed by atoms with Gasteiger partial charge in [0.15, 0.2) is 5.75 Å². The van der Waals surface area contributed by atoms with Crippen molar-refractivity contribution in [2.75, 3.05) is 17.7 Å². The minimum atomic E-state index is -4.34. The van der Waals surface area contributed by atoms with E-state index in [1.54, 1.807) is 6.07 Å². The number of nitrogens with one attached hydrogen (secondary N) is 2. The fourth-order valence-corrected chi connectivity index (χ4v) is 4.62. The molecule has 0 aliphatic rings. The maximum Gasteiger partial charge on any atom is 0.339 e. The zero-order chi connectivity index (χ0) is 28.0. The van der Waals surface area contributed by atoms with Crippen molar-refractivity contribution >= 4 is 74.2 Å². The van der Waals surface area contributed by atoms with Gasteiger partial charge in [-0.15, -0.1) is 0 Å². The molecule has 3 rings (SSSR count). The topological polar surface area (TPSA) is 135 Å². The Morgan fingerprint density at radius 2 is 1.58 bits per heavy atom. The standard InChI is InChI=1S/C25H18Cl3N3O6S/c1-14(32)30-17-3-6-19(7-4-17)38(34,35)37-24-22(28)10-15(11-23(24)36-2)9-16(13-29)25(33)31-18-5-8-20(26)21(27)12-18/h3-12H,1-2H3,(H,30,32)(H,31,33)/b16-9+. The number of benzene rings is 3. The third-order valence-corrected chi connectivity index (χ3v) is 7.02. The second kappa shape index (κ2) is 12.2. The minimum Gasteiger partial charge on any atom is -0.493 e. The Balaban J connectivity index is 1.87. The molecule has 38 heavy (non-hydrogen) atoms. The Kier molecular flexibility index (Phi) is 9.25. The van der Waals surface area contributed by atoms with Crippen LogP contribution in [-0.2, 0) is 19.7 Å². The van der Waals surface area contributed by atoms with Crippen molar-refractivity contribution in [2.45, 2.75) is 11.8 Å². The number of nitriles is 1. The fourth-order valence-electron chi connectivity index (χ4n) is 3.06. The number of hydrogen-bond donors (Lipinski definition) is 2. The van der Waals surface area contributed by atoms with Crippen molar-refractivity contribution in [2.24, 2.45) is 0 Å². The van der Waals surface area contributed by atoms with Crippen LogP contribution in [0, 0.1) is 11.3 Å². The number of carbonyl (C=O) groups excluding carboxylic acids is 2. The molecule has 0 unspecified atom stereocenters. The van der Waals surface area contributed by atoms with Gasteiger partial charge < -0.3 is 19.6 Å². The Morgan fingerprint density at radius 1 is 0.921 bits per heavy atom. The molecule has 2 N–H and O–H groups in total. The van der Waals surface area contributed by atoms with Gasteiger partial charge in [-0.25, -0.2) is 0 Å². The molecule has 0 aliphatic carbocycles. The number of hydrogen-bond acceptors (Lipinski definition) is 7. The fraction of sp³-hybridized carbons (Fsp3) is 0.0800. The lowest BCUT2D eigenvalue weighted by Gasteiger charge is -2.14. The average Bonchev–Trinajstić information content (AvgIpc) is 2.86. The highest BCUT2D eigenvalue weighted by Crippen LogP contribution is 2.39. The molecule has 0 fully saturated rings. The molecule has 2 amide bonds. The molecule has 196 valence electrons. The zero-order valence-corrected chi connectivity index (χ0v) is 22.8. The first-order valence-corrected chi connectivity index (χ1v) is 13.1. The molecule has 3 aromatic carbocycles. The van der Waals surface area contributed by atoms with E-state index >= 15 is 0 Å². The van der Waals surface area contributed by atoms with Gasteiger partial charge in [0.2, 0.25) is 11.7 Å². The van der Waals surface area contributed by atoms with Crippen LogP contribution in [0.5, 0.6) is 11.5 Å². The molecule has 0 bridgehead atoms. The van der Waals surface area contributed by atoms with Crippen molar-refractivity contribution in [3.63, 3.8) is 0 Å². The maximum atomic E-state index is 12.8. The molecular weight excluding hydrogens is 577 g/mol. The Labute approximate surface area is 233 Å². The molecule has 0 aromatic heterocycles. The number of rotatable bonds is 8. The molecule has 13 heteroatoms. The van der Waals surface area contributed by atoms with Crippen molar-refractivity contribution in [3.05, 3.63) is 80.8 Å². The molecule has 0 heterocycles. The van der Waals surface area contributed by atoms with Gasteiger partial charge in [0, 0.05) is 18.3 Å². The van der Waals surface area contributed by atoms with Crippen LogP contribution < -0.4 is 19.6 Å². The largest absolute Gasteiger partial charge is 0.493 e. The molecule has 3 aromatic rings. The van der Waals surface area contributed by atoms with E-state index in [4.69, 9.17) is 43.7 Å². The highest BCUT2D eigenvalue weighted by Gasteiger charge is 2.23.